The monoisotopic (exact) mass is 258 g/mol. The number of ether oxygens (including phenoxy) is 1. The molecule has 0 aliphatic heterocycles. The summed E-state index contributed by atoms with van der Waals surface area (Å²) in [6.45, 7) is 2.47. The van der Waals surface area contributed by atoms with E-state index in [-0.39, 0.29) is 17.8 Å². The second kappa shape index (κ2) is 6.41. The molecule has 1 aromatic rings. The van der Waals surface area contributed by atoms with E-state index in [0.29, 0.717) is 16.6 Å². The van der Waals surface area contributed by atoms with Crippen LogP contribution in [-0.2, 0) is 4.74 Å². The van der Waals surface area contributed by atoms with E-state index in [1.54, 1.807) is 14.2 Å². The number of anilines is 2. The number of hydrogen-bond acceptors (Lipinski definition) is 6. The fraction of sp³-hybridized carbons (Fsp3) is 0.600. The van der Waals surface area contributed by atoms with Crippen LogP contribution in [0.1, 0.15) is 23.0 Å². The number of nitrogens with one attached hydrogen (secondary N) is 2. The van der Waals surface area contributed by atoms with E-state index < -0.39 is 0 Å². The van der Waals surface area contributed by atoms with E-state index in [4.69, 9.17) is 10.5 Å². The number of nitrogens with two attached hydrogens (primary N) is 1. The Bertz CT molecular complexity index is 380. The van der Waals surface area contributed by atoms with Crippen molar-refractivity contribution in [1.29, 1.82) is 0 Å². The average molecular weight is 258 g/mol. The van der Waals surface area contributed by atoms with Gasteiger partial charge in [-0.25, -0.2) is 4.98 Å². The summed E-state index contributed by atoms with van der Waals surface area (Å²) < 4.78 is 5.02. The molecule has 17 heavy (non-hydrogen) atoms. The highest BCUT2D eigenvalue weighted by atomic mass is 32.1. The third-order valence-electron chi connectivity index (χ3n) is 2.27. The molecule has 1 atom stereocenters. The fourth-order valence-corrected chi connectivity index (χ4v) is 2.06. The second-order valence-corrected chi connectivity index (χ2v) is 4.52. The number of amides is 1. The largest absolute Gasteiger partial charge is 0.383 e. The number of aromatic nitrogens is 1. The molecule has 0 saturated heterocycles. The first-order chi connectivity index (χ1) is 8.12. The van der Waals surface area contributed by atoms with Gasteiger partial charge in [-0.05, 0) is 6.42 Å². The minimum atomic E-state index is -0.203. The lowest BCUT2D eigenvalue weighted by molar-refractivity contribution is 0.0899. The van der Waals surface area contributed by atoms with Gasteiger partial charge in [0.2, 0.25) is 0 Å². The molecule has 0 spiro atoms. The molecule has 7 heteroatoms. The van der Waals surface area contributed by atoms with Crippen molar-refractivity contribution in [2.45, 2.75) is 19.4 Å². The molecule has 0 aliphatic rings. The van der Waals surface area contributed by atoms with Crippen molar-refractivity contribution in [3.8, 4) is 0 Å². The van der Waals surface area contributed by atoms with Crippen molar-refractivity contribution in [1.82, 2.24) is 10.3 Å². The van der Waals surface area contributed by atoms with E-state index in [1.165, 1.54) is 11.3 Å². The number of thiazole rings is 1. The SMILES string of the molecule is CCC(COC)NC(=O)c1sc(NC)nc1N. The van der Waals surface area contributed by atoms with Crippen molar-refractivity contribution in [3.63, 3.8) is 0 Å². The first-order valence-electron chi connectivity index (χ1n) is 5.36. The maximum atomic E-state index is 11.9. The van der Waals surface area contributed by atoms with Crippen LogP contribution in [0.5, 0.6) is 0 Å². The van der Waals surface area contributed by atoms with Gasteiger partial charge in [0.25, 0.3) is 5.91 Å². The van der Waals surface area contributed by atoms with Crippen molar-refractivity contribution in [2.75, 3.05) is 31.8 Å². The standard InChI is InChI=1S/C10H18N4O2S/c1-4-6(5-16-3)13-9(15)7-8(11)14-10(12-2)17-7/h6H,4-5,11H2,1-3H3,(H,12,14)(H,13,15). The normalized spacial score (nSPS) is 12.2. The summed E-state index contributed by atoms with van der Waals surface area (Å²) in [5, 5.41) is 6.35. The Kier molecular flexibility index (Phi) is 5.17. The van der Waals surface area contributed by atoms with Crippen molar-refractivity contribution in [2.24, 2.45) is 0 Å². The molecule has 96 valence electrons. The Balaban J connectivity index is 2.71. The van der Waals surface area contributed by atoms with Gasteiger partial charge in [0.05, 0.1) is 12.6 Å². The number of carbonyl (C=O) groups is 1. The quantitative estimate of drug-likeness (QED) is 0.706. The van der Waals surface area contributed by atoms with Crippen LogP contribution >= 0.6 is 11.3 Å². The first kappa shape index (κ1) is 13.7. The summed E-state index contributed by atoms with van der Waals surface area (Å²) in [5.74, 6) is 0.0505. The lowest BCUT2D eigenvalue weighted by Crippen LogP contribution is -2.37. The van der Waals surface area contributed by atoms with Gasteiger partial charge in [0, 0.05) is 14.2 Å². The third-order valence-corrected chi connectivity index (χ3v) is 3.36. The average Bonchev–Trinajstić information content (AvgIpc) is 2.70. The van der Waals surface area contributed by atoms with E-state index in [9.17, 15) is 4.79 Å². The lowest BCUT2D eigenvalue weighted by atomic mass is 10.2. The van der Waals surface area contributed by atoms with Crippen molar-refractivity contribution < 1.29 is 9.53 Å². The Morgan fingerprint density at radius 3 is 2.82 bits per heavy atom. The van der Waals surface area contributed by atoms with E-state index >= 15 is 0 Å². The number of hydrogen-bond donors (Lipinski definition) is 3. The predicted octanol–water partition coefficient (Wildman–Crippen LogP) is 0.922. The number of nitrogens with zero attached hydrogens (tertiary/aromatic N) is 1. The van der Waals surface area contributed by atoms with Crippen LogP contribution in [0.4, 0.5) is 10.9 Å². The fourth-order valence-electron chi connectivity index (χ4n) is 1.32. The van der Waals surface area contributed by atoms with E-state index in [0.717, 1.165) is 6.42 Å². The molecule has 1 amide bonds. The third kappa shape index (κ3) is 3.57. The van der Waals surface area contributed by atoms with Gasteiger partial charge in [-0.3, -0.25) is 4.79 Å². The van der Waals surface area contributed by atoms with Gasteiger partial charge >= 0.3 is 0 Å². The lowest BCUT2D eigenvalue weighted by Gasteiger charge is -2.15. The zero-order chi connectivity index (χ0) is 12.8. The first-order valence-corrected chi connectivity index (χ1v) is 6.17. The predicted molar refractivity (Wildman–Crippen MR) is 69.5 cm³/mol. The molecule has 4 N–H and O–H groups in total. The molecule has 0 aromatic carbocycles. The number of nitrogen functional groups attached to an aromatic ring is 1. The van der Waals surface area contributed by atoms with E-state index in [1.807, 2.05) is 6.92 Å². The molecular formula is C10H18N4O2S. The Morgan fingerprint density at radius 2 is 2.35 bits per heavy atom. The molecular weight excluding hydrogens is 240 g/mol. The summed E-state index contributed by atoms with van der Waals surface area (Å²) in [6, 6.07) is -0.00737. The minimum Gasteiger partial charge on any atom is -0.383 e. The molecule has 0 fully saturated rings. The molecule has 0 saturated carbocycles. The summed E-state index contributed by atoms with van der Waals surface area (Å²) >= 11 is 1.24. The molecule has 1 rings (SSSR count). The van der Waals surface area contributed by atoms with Crippen LogP contribution in [0.3, 0.4) is 0 Å². The van der Waals surface area contributed by atoms with E-state index in [2.05, 4.69) is 15.6 Å². The maximum absolute atomic E-state index is 11.9. The Morgan fingerprint density at radius 1 is 1.65 bits per heavy atom. The van der Waals surface area contributed by atoms with Crippen LogP contribution in [-0.4, -0.2) is 37.7 Å². The van der Waals surface area contributed by atoms with Crippen LogP contribution in [0, 0.1) is 0 Å². The molecule has 0 aliphatic carbocycles. The van der Waals surface area contributed by atoms with Crippen LogP contribution in [0.25, 0.3) is 0 Å². The van der Waals surface area contributed by atoms with Gasteiger partial charge in [0.1, 0.15) is 10.7 Å². The summed E-state index contributed by atoms with van der Waals surface area (Å²) in [5.41, 5.74) is 5.68. The summed E-state index contributed by atoms with van der Waals surface area (Å²) in [6.07, 6.45) is 0.803. The molecule has 1 heterocycles. The van der Waals surface area contributed by atoms with Gasteiger partial charge < -0.3 is 21.1 Å². The van der Waals surface area contributed by atoms with Crippen molar-refractivity contribution >= 4 is 28.2 Å². The summed E-state index contributed by atoms with van der Waals surface area (Å²) in [4.78, 5) is 16.4. The number of rotatable bonds is 6. The van der Waals surface area contributed by atoms with Gasteiger partial charge in [-0.15, -0.1) is 0 Å². The minimum absolute atomic E-state index is 0.00737. The highest BCUT2D eigenvalue weighted by molar-refractivity contribution is 7.18. The highest BCUT2D eigenvalue weighted by Gasteiger charge is 2.18. The molecule has 1 unspecified atom stereocenters. The van der Waals surface area contributed by atoms with Crippen LogP contribution < -0.4 is 16.4 Å². The molecule has 0 radical (unpaired) electrons. The van der Waals surface area contributed by atoms with Gasteiger partial charge in [0.15, 0.2) is 5.13 Å². The van der Waals surface area contributed by atoms with Crippen LogP contribution in [0.15, 0.2) is 0 Å². The smallest absolute Gasteiger partial charge is 0.265 e. The zero-order valence-corrected chi connectivity index (χ0v) is 11.1. The topological polar surface area (TPSA) is 89.3 Å². The molecule has 1 aromatic heterocycles. The zero-order valence-electron chi connectivity index (χ0n) is 10.2. The maximum Gasteiger partial charge on any atom is 0.265 e. The van der Waals surface area contributed by atoms with Crippen molar-refractivity contribution in [3.05, 3.63) is 4.88 Å². The molecule has 0 bridgehead atoms. The number of methoxy groups -OCH3 is 1. The van der Waals surface area contributed by atoms with Crippen LogP contribution in [0.2, 0.25) is 0 Å². The second-order valence-electron chi connectivity index (χ2n) is 3.52. The number of carbonyl (C=O) groups excluding carboxylic acids is 1. The Hall–Kier alpha value is -1.34. The Labute approximate surface area is 105 Å². The molecule has 6 nitrogen and oxygen atoms in total. The summed E-state index contributed by atoms with van der Waals surface area (Å²) in [7, 11) is 3.34. The van der Waals surface area contributed by atoms with Gasteiger partial charge in [-0.2, -0.15) is 0 Å². The highest BCUT2D eigenvalue weighted by Crippen LogP contribution is 2.24. The van der Waals surface area contributed by atoms with Gasteiger partial charge in [-0.1, -0.05) is 18.3 Å².